The molecule has 4 heterocycles. The molecule has 33 nitrogen and oxygen atoms in total. The number of rotatable bonds is 36. The summed E-state index contributed by atoms with van der Waals surface area (Å²) in [5.41, 5.74) is 15.8. The maximum Gasteiger partial charge on any atom is 0.513 e. The van der Waals surface area contributed by atoms with Crippen molar-refractivity contribution in [2.75, 3.05) is 32.8 Å². The number of benzene rings is 4. The molecule has 17 N–H and O–H groups in total. The number of fused-ring (bicyclic) bond motifs is 4. The molecule has 0 radical (unpaired) electrons. The van der Waals surface area contributed by atoms with Crippen molar-refractivity contribution in [3.8, 4) is 16.9 Å². The standard InChI is InChI=1S/C74H94N16O17S/c1-6-78-71(100)62-18-12-28-90(62)72(101)55(17-11-27-79-73(75)76)83-65(94)56(29-40(2)3)84-66(95)57(30-41(4)5)85-67(96)58(31-42-19-21-45(22-20-42)107-74(102)106-38-52-49-15-8-7-14-48(49)50-24-23-46(34-51(50)52)108(103,104)105)86-70(99)61(37-91)89-68(97)59(32-43-35-80-53-16-10-9-13-47(43)53)87-69(98)60(33-44-36-77-39-81-44)88-64(93)54-25-26-63(92)82-54/h7-10,13-16,19-24,34-36,39-41,52,54-62,80,91H,6,11-12,17-18,25-33,37-38H2,1-5H3,(H,77,81)(H,78,100)(H,82,92)(H,83,94)(H,84,95)(H,85,96)(H,86,99)(H,87,98)(H,88,93)(H,89,97)(H4,75,76,79)(H,103,104,105)/t52?,54-,55-,56-,57+,58-,59-,60-,61-,62-/m0/s1. The maximum atomic E-state index is 15.2. The van der Waals surface area contributed by atoms with E-state index in [1.54, 1.807) is 75.5 Å². The lowest BCUT2D eigenvalue weighted by atomic mass is 9.98. The second-order valence-corrected chi connectivity index (χ2v) is 29.2. The third-order valence-electron chi connectivity index (χ3n) is 18.8. The van der Waals surface area contributed by atoms with Gasteiger partial charge in [-0.05, 0) is 127 Å². The van der Waals surface area contributed by atoms with Crippen LogP contribution in [0.3, 0.4) is 0 Å². The number of imidazole rings is 1. The summed E-state index contributed by atoms with van der Waals surface area (Å²) in [7, 11) is -4.59. The number of guanidine groups is 1. The summed E-state index contributed by atoms with van der Waals surface area (Å²) < 4.78 is 45.3. The van der Waals surface area contributed by atoms with Crippen molar-refractivity contribution in [2.45, 2.75) is 170 Å². The van der Waals surface area contributed by atoms with Crippen LogP contribution >= 0.6 is 0 Å². The van der Waals surface area contributed by atoms with E-state index in [1.165, 1.54) is 53.8 Å². The highest BCUT2D eigenvalue weighted by Gasteiger charge is 2.41. The van der Waals surface area contributed by atoms with Gasteiger partial charge in [-0.1, -0.05) is 88.4 Å². The summed E-state index contributed by atoms with van der Waals surface area (Å²) in [4.78, 5) is 171. The van der Waals surface area contributed by atoms with Gasteiger partial charge in [0.25, 0.3) is 10.1 Å². The zero-order valence-electron chi connectivity index (χ0n) is 60.6. The second-order valence-electron chi connectivity index (χ2n) is 27.8. The van der Waals surface area contributed by atoms with Gasteiger partial charge in [0.1, 0.15) is 66.7 Å². The molecule has 9 rings (SSSR count). The normalized spacial score (nSPS) is 17.1. The summed E-state index contributed by atoms with van der Waals surface area (Å²) >= 11 is 0. The first-order chi connectivity index (χ1) is 51.6. The van der Waals surface area contributed by atoms with Gasteiger partial charge in [0.15, 0.2) is 5.96 Å². The van der Waals surface area contributed by atoms with Crippen molar-refractivity contribution in [1.29, 1.82) is 0 Å². The Labute approximate surface area is 623 Å². The van der Waals surface area contributed by atoms with Gasteiger partial charge in [-0.25, -0.2) is 9.78 Å². The lowest BCUT2D eigenvalue weighted by Crippen LogP contribution is -2.61. The minimum atomic E-state index is -4.59. The fraction of sp³-hybridized carbons (Fsp3) is 0.446. The molecule has 3 aliphatic rings. The summed E-state index contributed by atoms with van der Waals surface area (Å²) in [5, 5.41) is 36.0. The van der Waals surface area contributed by atoms with E-state index < -0.39 is 130 Å². The number of aliphatic imine (C=N–C) groups is 1. The summed E-state index contributed by atoms with van der Waals surface area (Å²) in [5.74, 6) is -8.81. The highest BCUT2D eigenvalue weighted by atomic mass is 32.2. The lowest BCUT2D eigenvalue weighted by molar-refractivity contribution is -0.142. The molecular formula is C74H94N16O17S. The third kappa shape index (κ3) is 21.7. The first-order valence-electron chi connectivity index (χ1n) is 35.9. The molecule has 0 bridgehead atoms. The maximum absolute atomic E-state index is 15.2. The molecule has 578 valence electrons. The van der Waals surface area contributed by atoms with Gasteiger partial charge in [-0.15, -0.1) is 0 Å². The van der Waals surface area contributed by atoms with Gasteiger partial charge in [-0.3, -0.25) is 57.5 Å². The Kier molecular flexibility index (Phi) is 27.9. The second kappa shape index (κ2) is 37.3. The number of amides is 10. The highest BCUT2D eigenvalue weighted by Crippen LogP contribution is 2.45. The van der Waals surface area contributed by atoms with Gasteiger partial charge < -0.3 is 88.8 Å². The van der Waals surface area contributed by atoms with Gasteiger partial charge >= 0.3 is 6.16 Å². The smallest absolute Gasteiger partial charge is 0.433 e. The Bertz CT molecular complexity index is 4390. The van der Waals surface area contributed by atoms with Gasteiger partial charge in [0, 0.05) is 80.2 Å². The summed E-state index contributed by atoms with van der Waals surface area (Å²) in [6.07, 6.45) is 4.02. The Morgan fingerprint density at radius 1 is 0.685 bits per heavy atom. The highest BCUT2D eigenvalue weighted by molar-refractivity contribution is 7.85. The summed E-state index contributed by atoms with van der Waals surface area (Å²) in [6, 6.07) is 12.1. The molecule has 34 heteroatoms. The molecule has 6 aromatic rings. The number of H-pyrrole nitrogens is 2. The number of nitrogens with one attached hydrogen (secondary N) is 11. The molecule has 0 saturated carbocycles. The number of likely N-dealkylation sites (tertiary alicyclic amines) is 1. The number of aliphatic hydroxyl groups is 1. The number of ether oxygens (including phenoxy) is 2. The van der Waals surface area contributed by atoms with Crippen LogP contribution in [0.15, 0.2) is 120 Å². The van der Waals surface area contributed by atoms with Crippen LogP contribution in [0.4, 0.5) is 4.79 Å². The zero-order chi connectivity index (χ0) is 77.9. The largest absolute Gasteiger partial charge is 0.513 e. The van der Waals surface area contributed by atoms with Crippen molar-refractivity contribution in [2.24, 2.45) is 28.3 Å². The quantitative estimate of drug-likeness (QED) is 0.00660. The predicted octanol–water partition coefficient (Wildman–Crippen LogP) is 1.43. The molecule has 2 saturated heterocycles. The molecule has 1 aliphatic carbocycles. The number of nitrogens with zero attached hydrogens (tertiary/aromatic N) is 3. The van der Waals surface area contributed by atoms with E-state index in [0.29, 0.717) is 58.2 Å². The molecule has 2 fully saturated rings. The number of carbonyl (C=O) groups is 11. The first kappa shape index (κ1) is 80.8. The number of hydrogen-bond acceptors (Lipinski definition) is 18. The molecule has 4 aromatic carbocycles. The van der Waals surface area contributed by atoms with Crippen LogP contribution in [-0.2, 0) is 82.1 Å². The van der Waals surface area contributed by atoms with Crippen LogP contribution in [0, 0.1) is 11.8 Å². The van der Waals surface area contributed by atoms with Crippen LogP contribution in [-0.4, -0.2) is 196 Å². The molecule has 1 unspecified atom stereocenters. The fourth-order valence-electron chi connectivity index (χ4n) is 13.5. The monoisotopic (exact) mass is 1510 g/mol. The zero-order valence-corrected chi connectivity index (χ0v) is 61.4. The average Bonchev–Trinajstić information content (AvgIpc) is 1.60. The van der Waals surface area contributed by atoms with Crippen LogP contribution < -0.4 is 64.1 Å². The molecule has 108 heavy (non-hydrogen) atoms. The number of aromatic nitrogens is 3. The molecule has 10 atom stereocenters. The number of para-hydroxylation sites is 1. The number of carbonyl (C=O) groups excluding carboxylic acids is 11. The third-order valence-corrected chi connectivity index (χ3v) is 19.6. The minimum Gasteiger partial charge on any atom is -0.433 e. The van der Waals surface area contributed by atoms with E-state index in [2.05, 4.69) is 67.8 Å². The molecule has 2 aliphatic heterocycles. The number of hydrogen-bond donors (Lipinski definition) is 15. The van der Waals surface area contributed by atoms with Crippen LogP contribution in [0.1, 0.15) is 120 Å². The molecule has 2 aromatic heterocycles. The van der Waals surface area contributed by atoms with Crippen LogP contribution in [0.5, 0.6) is 5.75 Å². The van der Waals surface area contributed by atoms with Crippen molar-refractivity contribution >= 4 is 92.2 Å². The number of aliphatic hydroxyl groups excluding tert-OH is 1. The Morgan fingerprint density at radius 3 is 1.91 bits per heavy atom. The SMILES string of the molecule is CCNC(=O)[C@@H]1CCCN1C(=O)[C@H](CCCN=C(N)N)NC(=O)[C@H](CC(C)C)NC(=O)[C@@H](CC(C)C)NC(=O)[C@H](Cc1ccc(OC(=O)OCC2c3ccccc3-c3ccc(S(=O)(=O)O)cc32)cc1)NC(=O)[C@H](CO)NC(=O)[C@H](Cc1c[nH]c2ccccc12)NC(=O)[C@H](Cc1cnc[nH]1)NC(=O)[C@@H]1CCC(=O)N1. The van der Waals surface area contributed by atoms with E-state index in [-0.39, 0.29) is 118 Å². The van der Waals surface area contributed by atoms with Gasteiger partial charge in [-0.2, -0.15) is 8.42 Å². The molecule has 10 amide bonds. The van der Waals surface area contributed by atoms with Gasteiger partial charge in [0.05, 0.1) is 17.8 Å². The number of likely N-dealkylation sites (N-methyl/N-ethyl adjacent to an activating group) is 1. The van der Waals surface area contributed by atoms with Crippen LogP contribution in [0.2, 0.25) is 0 Å². The molecule has 0 spiro atoms. The van der Waals surface area contributed by atoms with Crippen molar-refractivity contribution in [3.05, 3.63) is 138 Å². The van der Waals surface area contributed by atoms with E-state index in [9.17, 15) is 66.0 Å². The average molecular weight is 1510 g/mol. The van der Waals surface area contributed by atoms with E-state index >= 15 is 4.79 Å². The van der Waals surface area contributed by atoms with Crippen LogP contribution in [0.25, 0.3) is 22.0 Å². The Hall–Kier alpha value is -11.3. The van der Waals surface area contributed by atoms with E-state index in [4.69, 9.17) is 20.9 Å². The topological polar surface area (TPSA) is 501 Å². The molecular weight excluding hydrogens is 1420 g/mol. The summed E-state index contributed by atoms with van der Waals surface area (Å²) in [6.45, 7) is 8.23. The number of nitrogens with two attached hydrogens (primary N) is 2. The van der Waals surface area contributed by atoms with Gasteiger partial charge in [0.2, 0.25) is 59.1 Å². The predicted molar refractivity (Wildman–Crippen MR) is 394 cm³/mol. The fourth-order valence-corrected chi connectivity index (χ4v) is 14.0. The van der Waals surface area contributed by atoms with Crippen molar-refractivity contribution < 1.29 is 80.3 Å². The minimum absolute atomic E-state index is 0.0354. The van der Waals surface area contributed by atoms with Crippen molar-refractivity contribution in [1.82, 2.24) is 67.7 Å². The number of aromatic amines is 2. The first-order valence-corrected chi connectivity index (χ1v) is 37.3. The lowest BCUT2D eigenvalue weighted by Gasteiger charge is -2.31. The van der Waals surface area contributed by atoms with Crippen molar-refractivity contribution in [3.63, 3.8) is 0 Å². The van der Waals surface area contributed by atoms with E-state index in [0.717, 1.165) is 11.1 Å². The van der Waals surface area contributed by atoms with E-state index in [1.807, 2.05) is 19.9 Å². The Balaban J connectivity index is 0.965. The Morgan fingerprint density at radius 2 is 1.29 bits per heavy atom.